The van der Waals surface area contributed by atoms with Gasteiger partial charge in [0.2, 0.25) is 5.91 Å². The van der Waals surface area contributed by atoms with Gasteiger partial charge in [0.25, 0.3) is 0 Å². The van der Waals surface area contributed by atoms with Crippen molar-refractivity contribution in [1.29, 1.82) is 0 Å². The zero-order valence-electron chi connectivity index (χ0n) is 12.0. The van der Waals surface area contributed by atoms with Gasteiger partial charge in [0.05, 0.1) is 12.2 Å². The maximum Gasteiger partial charge on any atom is 0.234 e. The van der Waals surface area contributed by atoms with E-state index >= 15 is 0 Å². The highest BCUT2D eigenvalue weighted by atomic mass is 16.4. The molecule has 0 spiro atoms. The molecule has 7 nitrogen and oxygen atoms in total. The van der Waals surface area contributed by atoms with E-state index in [4.69, 9.17) is 10.9 Å². The molecule has 0 aliphatic heterocycles. The van der Waals surface area contributed by atoms with Gasteiger partial charge in [-0.25, -0.2) is 0 Å². The van der Waals surface area contributed by atoms with E-state index < -0.39 is 5.41 Å². The fraction of sp³-hybridized carbons (Fsp3) is 0.571. The first-order valence-electron chi connectivity index (χ1n) is 7.22. The van der Waals surface area contributed by atoms with Crippen LogP contribution in [0.2, 0.25) is 0 Å². The summed E-state index contributed by atoms with van der Waals surface area (Å²) in [4.78, 5) is 12.6. The molecule has 7 heteroatoms. The average molecular weight is 291 g/mol. The van der Waals surface area contributed by atoms with Crippen LogP contribution in [0.15, 0.2) is 23.5 Å². The molecule has 4 N–H and O–H groups in total. The molecule has 1 amide bonds. The number of oxime groups is 1. The first-order chi connectivity index (χ1) is 10.2. The van der Waals surface area contributed by atoms with Crippen molar-refractivity contribution in [2.75, 3.05) is 0 Å². The van der Waals surface area contributed by atoms with Crippen LogP contribution < -0.4 is 11.1 Å². The standard InChI is InChI=1S/C14H21N5O2/c15-12(19-21)14(7-3-1-2-4-8-14)13(20)16-10-11-6-5-9-17-18-11/h5-6,9,21H,1-4,7-8,10H2,(H2,15,19)(H,16,20). The quantitative estimate of drug-likeness (QED) is 0.253. The Morgan fingerprint density at radius 3 is 2.67 bits per heavy atom. The number of carbonyl (C=O) groups is 1. The molecule has 114 valence electrons. The fourth-order valence-corrected chi connectivity index (χ4v) is 2.80. The number of amidine groups is 1. The van der Waals surface area contributed by atoms with Gasteiger partial charge in [0, 0.05) is 6.20 Å². The Hall–Kier alpha value is -2.18. The van der Waals surface area contributed by atoms with Crippen molar-refractivity contribution in [3.05, 3.63) is 24.0 Å². The summed E-state index contributed by atoms with van der Waals surface area (Å²) in [6.45, 7) is 0.285. The minimum atomic E-state index is -0.909. The summed E-state index contributed by atoms with van der Waals surface area (Å²) >= 11 is 0. The molecule has 1 aliphatic carbocycles. The van der Waals surface area contributed by atoms with E-state index in [9.17, 15) is 4.79 Å². The molecule has 0 aromatic carbocycles. The molecule has 1 aromatic heterocycles. The Kier molecular flexibility index (Phi) is 5.08. The minimum Gasteiger partial charge on any atom is -0.409 e. The Morgan fingerprint density at radius 1 is 1.38 bits per heavy atom. The maximum absolute atomic E-state index is 12.6. The van der Waals surface area contributed by atoms with Crippen LogP contribution in [-0.2, 0) is 11.3 Å². The molecular formula is C14H21N5O2. The summed E-state index contributed by atoms with van der Waals surface area (Å²) in [5.74, 6) is -0.202. The monoisotopic (exact) mass is 291 g/mol. The van der Waals surface area contributed by atoms with E-state index in [1.807, 2.05) is 0 Å². The highest BCUT2D eigenvalue weighted by Gasteiger charge is 2.42. The van der Waals surface area contributed by atoms with Gasteiger partial charge >= 0.3 is 0 Å². The third kappa shape index (κ3) is 3.48. The normalized spacial score (nSPS) is 18.8. The molecule has 1 heterocycles. The molecule has 1 aliphatic rings. The second kappa shape index (κ2) is 7.01. The largest absolute Gasteiger partial charge is 0.409 e. The Labute approximate surface area is 123 Å². The van der Waals surface area contributed by atoms with Gasteiger partial charge in [-0.15, -0.1) is 0 Å². The molecule has 0 unspecified atom stereocenters. The van der Waals surface area contributed by atoms with Crippen LogP contribution in [0.25, 0.3) is 0 Å². The number of aromatic nitrogens is 2. The number of nitrogens with one attached hydrogen (secondary N) is 1. The smallest absolute Gasteiger partial charge is 0.234 e. The third-order valence-corrected chi connectivity index (χ3v) is 4.05. The number of nitrogens with two attached hydrogens (primary N) is 1. The SMILES string of the molecule is N/C(=N/O)C1(C(=O)NCc2cccnn2)CCCCCC1. The molecule has 2 rings (SSSR count). The molecule has 1 aromatic rings. The van der Waals surface area contributed by atoms with E-state index in [0.717, 1.165) is 25.7 Å². The van der Waals surface area contributed by atoms with Crippen LogP contribution in [-0.4, -0.2) is 27.1 Å². The predicted molar refractivity (Wildman–Crippen MR) is 77.4 cm³/mol. The van der Waals surface area contributed by atoms with Crippen molar-refractivity contribution in [1.82, 2.24) is 15.5 Å². The maximum atomic E-state index is 12.6. The Bertz CT molecular complexity index is 495. The van der Waals surface area contributed by atoms with Gasteiger partial charge in [-0.05, 0) is 25.0 Å². The Balaban J connectivity index is 2.11. The van der Waals surface area contributed by atoms with Gasteiger partial charge in [-0.2, -0.15) is 10.2 Å². The summed E-state index contributed by atoms with van der Waals surface area (Å²) in [6, 6.07) is 3.55. The van der Waals surface area contributed by atoms with Gasteiger partial charge < -0.3 is 16.3 Å². The van der Waals surface area contributed by atoms with Gasteiger partial charge in [-0.1, -0.05) is 30.8 Å². The highest BCUT2D eigenvalue weighted by Crippen LogP contribution is 2.35. The third-order valence-electron chi connectivity index (χ3n) is 4.05. The highest BCUT2D eigenvalue weighted by molar-refractivity contribution is 6.06. The lowest BCUT2D eigenvalue weighted by atomic mass is 9.78. The molecule has 1 fully saturated rings. The molecular weight excluding hydrogens is 270 g/mol. The number of nitrogens with zero attached hydrogens (tertiary/aromatic N) is 3. The first kappa shape index (κ1) is 15.2. The summed E-state index contributed by atoms with van der Waals surface area (Å²) in [7, 11) is 0. The van der Waals surface area contributed by atoms with Crippen molar-refractivity contribution in [3.8, 4) is 0 Å². The van der Waals surface area contributed by atoms with Crippen molar-refractivity contribution >= 4 is 11.7 Å². The lowest BCUT2D eigenvalue weighted by Crippen LogP contribution is -2.49. The summed E-state index contributed by atoms with van der Waals surface area (Å²) < 4.78 is 0. The van der Waals surface area contributed by atoms with Crippen LogP contribution in [0.4, 0.5) is 0 Å². The average Bonchev–Trinajstić information content (AvgIpc) is 2.79. The van der Waals surface area contributed by atoms with Gasteiger partial charge in [0.15, 0.2) is 5.84 Å². The first-order valence-corrected chi connectivity index (χ1v) is 7.22. The molecule has 0 bridgehead atoms. The van der Waals surface area contributed by atoms with Crippen molar-refractivity contribution in [3.63, 3.8) is 0 Å². The summed E-state index contributed by atoms with van der Waals surface area (Å²) in [5.41, 5.74) is 5.60. The molecule has 0 saturated heterocycles. The fourth-order valence-electron chi connectivity index (χ4n) is 2.80. The lowest BCUT2D eigenvalue weighted by Gasteiger charge is -2.29. The van der Waals surface area contributed by atoms with Crippen molar-refractivity contribution < 1.29 is 10.0 Å². The lowest BCUT2D eigenvalue weighted by molar-refractivity contribution is -0.128. The van der Waals surface area contributed by atoms with E-state index in [1.54, 1.807) is 18.3 Å². The number of hydrogen-bond acceptors (Lipinski definition) is 5. The number of hydrogen-bond donors (Lipinski definition) is 3. The zero-order valence-corrected chi connectivity index (χ0v) is 12.0. The van der Waals surface area contributed by atoms with Gasteiger partial charge in [-0.3, -0.25) is 4.79 Å². The van der Waals surface area contributed by atoms with Gasteiger partial charge in [0.1, 0.15) is 5.41 Å². The van der Waals surface area contributed by atoms with Crippen LogP contribution in [0, 0.1) is 5.41 Å². The van der Waals surface area contributed by atoms with Crippen LogP contribution in [0.1, 0.15) is 44.2 Å². The molecule has 0 radical (unpaired) electrons. The van der Waals surface area contributed by atoms with Crippen molar-refractivity contribution in [2.45, 2.75) is 45.1 Å². The molecule has 21 heavy (non-hydrogen) atoms. The summed E-state index contributed by atoms with van der Waals surface area (Å²) in [6.07, 6.45) is 6.72. The van der Waals surface area contributed by atoms with E-state index in [2.05, 4.69) is 20.7 Å². The van der Waals surface area contributed by atoms with E-state index in [0.29, 0.717) is 18.5 Å². The minimum absolute atomic E-state index is 0.000968. The number of rotatable bonds is 4. The van der Waals surface area contributed by atoms with Crippen molar-refractivity contribution in [2.24, 2.45) is 16.3 Å². The van der Waals surface area contributed by atoms with Crippen LogP contribution >= 0.6 is 0 Å². The number of carbonyl (C=O) groups excluding carboxylic acids is 1. The zero-order chi connectivity index (χ0) is 15.1. The topological polar surface area (TPSA) is 113 Å². The second-order valence-corrected chi connectivity index (χ2v) is 5.38. The van der Waals surface area contributed by atoms with Crippen LogP contribution in [0.3, 0.4) is 0 Å². The van der Waals surface area contributed by atoms with E-state index in [-0.39, 0.29) is 18.3 Å². The second-order valence-electron chi connectivity index (χ2n) is 5.38. The molecule has 1 saturated carbocycles. The number of amides is 1. The summed E-state index contributed by atoms with van der Waals surface area (Å²) in [5, 5.41) is 22.7. The van der Waals surface area contributed by atoms with E-state index in [1.165, 1.54) is 0 Å². The predicted octanol–water partition coefficient (Wildman–Crippen LogP) is 1.18. The van der Waals surface area contributed by atoms with Crippen LogP contribution in [0.5, 0.6) is 0 Å². The molecule has 0 atom stereocenters. The Morgan fingerprint density at radius 2 is 2.10 bits per heavy atom.